The summed E-state index contributed by atoms with van der Waals surface area (Å²) in [6.45, 7) is 7.80. The minimum Gasteiger partial charge on any atom is -0.297 e. The maximum Gasteiger partial charge on any atom is 0.0635 e. The van der Waals surface area contributed by atoms with Crippen molar-refractivity contribution in [1.29, 1.82) is 5.26 Å². The van der Waals surface area contributed by atoms with E-state index in [0.717, 1.165) is 18.5 Å². The molecule has 86 valence electrons. The molecule has 2 nitrogen and oxygen atoms in total. The Morgan fingerprint density at radius 1 is 1.40 bits per heavy atom. The fourth-order valence-corrected chi connectivity index (χ4v) is 2.74. The van der Waals surface area contributed by atoms with Crippen molar-refractivity contribution in [2.75, 3.05) is 6.54 Å². The van der Waals surface area contributed by atoms with Gasteiger partial charge >= 0.3 is 0 Å². The van der Waals surface area contributed by atoms with Crippen molar-refractivity contribution < 1.29 is 0 Å². The number of hydrogen-bond donors (Lipinski definition) is 0. The lowest BCUT2D eigenvalue weighted by Crippen LogP contribution is -2.43. The van der Waals surface area contributed by atoms with Gasteiger partial charge in [0.05, 0.1) is 6.07 Å². The summed E-state index contributed by atoms with van der Waals surface area (Å²) in [6.07, 6.45) is 6.07. The maximum atomic E-state index is 8.67. The molecule has 15 heavy (non-hydrogen) atoms. The lowest BCUT2D eigenvalue weighted by atomic mass is 9.85. The highest BCUT2D eigenvalue weighted by atomic mass is 15.2. The monoisotopic (exact) mass is 208 g/mol. The van der Waals surface area contributed by atoms with E-state index in [0.29, 0.717) is 12.5 Å². The van der Waals surface area contributed by atoms with Gasteiger partial charge in [-0.1, -0.05) is 19.8 Å². The van der Waals surface area contributed by atoms with Crippen molar-refractivity contribution in [3.05, 3.63) is 0 Å². The highest BCUT2D eigenvalue weighted by Gasteiger charge is 2.25. The molecule has 0 bridgehead atoms. The van der Waals surface area contributed by atoms with Gasteiger partial charge in [0, 0.05) is 25.0 Å². The van der Waals surface area contributed by atoms with Gasteiger partial charge in [0.15, 0.2) is 0 Å². The van der Waals surface area contributed by atoms with Crippen molar-refractivity contribution in [3.8, 4) is 6.07 Å². The Morgan fingerprint density at radius 2 is 2.13 bits per heavy atom. The highest BCUT2D eigenvalue weighted by molar-refractivity contribution is 4.83. The van der Waals surface area contributed by atoms with Crippen molar-refractivity contribution in [1.82, 2.24) is 4.90 Å². The van der Waals surface area contributed by atoms with E-state index in [-0.39, 0.29) is 0 Å². The second kappa shape index (κ2) is 6.12. The molecule has 0 radical (unpaired) electrons. The van der Waals surface area contributed by atoms with E-state index in [1.54, 1.807) is 0 Å². The van der Waals surface area contributed by atoms with Gasteiger partial charge in [-0.2, -0.15) is 5.26 Å². The topological polar surface area (TPSA) is 27.0 Å². The maximum absolute atomic E-state index is 8.67. The van der Waals surface area contributed by atoms with Crippen LogP contribution in [0.1, 0.15) is 52.9 Å². The zero-order valence-electron chi connectivity index (χ0n) is 10.4. The van der Waals surface area contributed by atoms with E-state index in [4.69, 9.17) is 5.26 Å². The minimum atomic E-state index is 0.577. The van der Waals surface area contributed by atoms with Gasteiger partial charge < -0.3 is 0 Å². The van der Waals surface area contributed by atoms with Gasteiger partial charge in [0.25, 0.3) is 0 Å². The molecule has 0 N–H and O–H groups in total. The van der Waals surface area contributed by atoms with Gasteiger partial charge in [-0.05, 0) is 32.6 Å². The SMILES string of the molecule is CC1CCCC(N(CCC#N)C(C)C)C1. The minimum absolute atomic E-state index is 0.577. The summed E-state index contributed by atoms with van der Waals surface area (Å²) >= 11 is 0. The Bertz CT molecular complexity index is 217. The van der Waals surface area contributed by atoms with E-state index in [1.165, 1.54) is 25.7 Å². The third-order valence-electron chi connectivity index (χ3n) is 3.52. The molecule has 1 saturated carbocycles. The van der Waals surface area contributed by atoms with Crippen LogP contribution in [0.3, 0.4) is 0 Å². The molecule has 1 rings (SSSR count). The van der Waals surface area contributed by atoms with Crippen LogP contribution in [-0.4, -0.2) is 23.5 Å². The van der Waals surface area contributed by atoms with Crippen LogP contribution in [0.5, 0.6) is 0 Å². The van der Waals surface area contributed by atoms with Crippen LogP contribution in [0.4, 0.5) is 0 Å². The Kier molecular flexibility index (Phi) is 5.11. The molecule has 2 heteroatoms. The number of nitrogens with zero attached hydrogens (tertiary/aromatic N) is 2. The first-order chi connectivity index (χ1) is 7.15. The first kappa shape index (κ1) is 12.5. The van der Waals surface area contributed by atoms with Crippen molar-refractivity contribution in [3.63, 3.8) is 0 Å². The molecule has 1 fully saturated rings. The first-order valence-electron chi connectivity index (χ1n) is 6.27. The molecular weight excluding hydrogens is 184 g/mol. The largest absolute Gasteiger partial charge is 0.297 e. The smallest absolute Gasteiger partial charge is 0.0635 e. The summed E-state index contributed by atoms with van der Waals surface area (Å²) in [4.78, 5) is 2.53. The molecule has 0 aliphatic heterocycles. The van der Waals surface area contributed by atoms with Gasteiger partial charge in [0.1, 0.15) is 0 Å². The number of hydrogen-bond acceptors (Lipinski definition) is 2. The predicted molar refractivity (Wildman–Crippen MR) is 63.5 cm³/mol. The third kappa shape index (κ3) is 3.83. The highest BCUT2D eigenvalue weighted by Crippen LogP contribution is 2.28. The summed E-state index contributed by atoms with van der Waals surface area (Å²) in [5, 5.41) is 8.67. The fraction of sp³-hybridized carbons (Fsp3) is 0.923. The molecular formula is C13H24N2. The van der Waals surface area contributed by atoms with Crippen molar-refractivity contribution in [2.45, 2.75) is 65.0 Å². The normalized spacial score (nSPS) is 26.9. The molecule has 0 aromatic heterocycles. The van der Waals surface area contributed by atoms with Gasteiger partial charge in [-0.25, -0.2) is 0 Å². The zero-order chi connectivity index (χ0) is 11.3. The standard InChI is InChI=1S/C13H24N2/c1-11(2)15(9-5-8-14)13-7-4-6-12(3)10-13/h11-13H,4-7,9-10H2,1-3H3. The average molecular weight is 208 g/mol. The van der Waals surface area contributed by atoms with Gasteiger partial charge in [0.2, 0.25) is 0 Å². The molecule has 0 spiro atoms. The molecule has 2 unspecified atom stereocenters. The fourth-order valence-electron chi connectivity index (χ4n) is 2.74. The van der Waals surface area contributed by atoms with Crippen LogP contribution in [0.15, 0.2) is 0 Å². The quantitative estimate of drug-likeness (QED) is 0.709. The molecule has 0 saturated heterocycles. The second-order valence-corrected chi connectivity index (χ2v) is 5.17. The van der Waals surface area contributed by atoms with Gasteiger partial charge in [-0.3, -0.25) is 4.90 Å². The van der Waals surface area contributed by atoms with Crippen molar-refractivity contribution >= 4 is 0 Å². The lowest BCUT2D eigenvalue weighted by molar-refractivity contribution is 0.106. The Balaban J connectivity index is 2.50. The summed E-state index contributed by atoms with van der Waals surface area (Å²) in [7, 11) is 0. The van der Waals surface area contributed by atoms with E-state index in [2.05, 4.69) is 31.7 Å². The zero-order valence-corrected chi connectivity index (χ0v) is 10.4. The molecule has 2 atom stereocenters. The first-order valence-corrected chi connectivity index (χ1v) is 6.27. The Labute approximate surface area is 94.3 Å². The molecule has 0 aromatic carbocycles. The lowest BCUT2D eigenvalue weighted by Gasteiger charge is -2.38. The second-order valence-electron chi connectivity index (χ2n) is 5.17. The predicted octanol–water partition coefficient (Wildman–Crippen LogP) is 3.19. The molecule has 0 amide bonds. The molecule has 0 heterocycles. The third-order valence-corrected chi connectivity index (χ3v) is 3.52. The number of nitriles is 1. The average Bonchev–Trinajstić information content (AvgIpc) is 2.18. The Morgan fingerprint density at radius 3 is 2.67 bits per heavy atom. The van der Waals surface area contributed by atoms with Crippen LogP contribution in [0.25, 0.3) is 0 Å². The summed E-state index contributed by atoms with van der Waals surface area (Å²) in [5.41, 5.74) is 0. The van der Waals surface area contributed by atoms with Crippen LogP contribution in [0, 0.1) is 17.2 Å². The summed E-state index contributed by atoms with van der Waals surface area (Å²) < 4.78 is 0. The van der Waals surface area contributed by atoms with Crippen LogP contribution < -0.4 is 0 Å². The summed E-state index contributed by atoms with van der Waals surface area (Å²) in [6, 6.07) is 3.56. The van der Waals surface area contributed by atoms with E-state index in [9.17, 15) is 0 Å². The Hall–Kier alpha value is -0.550. The van der Waals surface area contributed by atoms with Crippen LogP contribution >= 0.6 is 0 Å². The molecule has 1 aliphatic rings. The van der Waals surface area contributed by atoms with E-state index >= 15 is 0 Å². The van der Waals surface area contributed by atoms with E-state index in [1.807, 2.05) is 0 Å². The summed E-state index contributed by atoms with van der Waals surface area (Å²) in [5.74, 6) is 0.868. The van der Waals surface area contributed by atoms with Crippen LogP contribution in [0.2, 0.25) is 0 Å². The van der Waals surface area contributed by atoms with Gasteiger partial charge in [-0.15, -0.1) is 0 Å². The van der Waals surface area contributed by atoms with Crippen LogP contribution in [-0.2, 0) is 0 Å². The molecule has 1 aliphatic carbocycles. The molecule has 0 aromatic rings. The van der Waals surface area contributed by atoms with E-state index < -0.39 is 0 Å². The number of rotatable bonds is 4. The van der Waals surface area contributed by atoms with Crippen molar-refractivity contribution in [2.24, 2.45) is 5.92 Å².